The van der Waals surface area contributed by atoms with Crippen molar-refractivity contribution in [2.24, 2.45) is 0 Å². The molecule has 0 saturated carbocycles. The van der Waals surface area contributed by atoms with Crippen LogP contribution in [0.3, 0.4) is 0 Å². The van der Waals surface area contributed by atoms with Crippen molar-refractivity contribution in [1.29, 1.82) is 0 Å². The van der Waals surface area contributed by atoms with Gasteiger partial charge in [0.05, 0.1) is 10.6 Å². The van der Waals surface area contributed by atoms with E-state index in [0.29, 0.717) is 17.0 Å². The van der Waals surface area contributed by atoms with Gasteiger partial charge in [0.1, 0.15) is 5.76 Å². The van der Waals surface area contributed by atoms with Crippen LogP contribution in [0.4, 0.5) is 5.69 Å². The van der Waals surface area contributed by atoms with Crippen LogP contribution in [-0.2, 0) is 10.0 Å². The number of rotatable bonds is 5. The molecular weight excluding hydrogens is 342 g/mol. The lowest BCUT2D eigenvalue weighted by molar-refractivity contribution is 0.0663. The fourth-order valence-corrected chi connectivity index (χ4v) is 3.44. The Morgan fingerprint density at radius 1 is 1.04 bits per heavy atom. The standard InChI is InChI=1S/C18H15NO5S/c1-12-7-8-13(16-9-10-17(24-16)18(20)21)11-15(12)19-25(22,23)14-5-3-2-4-6-14/h2-11,19H,1H3,(H,20,21). The Morgan fingerprint density at radius 3 is 2.40 bits per heavy atom. The minimum Gasteiger partial charge on any atom is -0.475 e. The van der Waals surface area contributed by atoms with Crippen LogP contribution in [0.5, 0.6) is 0 Å². The Hall–Kier alpha value is -3.06. The Bertz CT molecular complexity index is 1020. The number of carboxylic acids is 1. The molecule has 0 saturated heterocycles. The smallest absolute Gasteiger partial charge is 0.371 e. The molecule has 2 N–H and O–H groups in total. The van der Waals surface area contributed by atoms with Gasteiger partial charge in [0, 0.05) is 5.56 Å². The molecule has 0 amide bonds. The van der Waals surface area contributed by atoms with E-state index in [9.17, 15) is 13.2 Å². The molecule has 6 nitrogen and oxygen atoms in total. The number of aromatic carboxylic acids is 1. The van der Waals surface area contributed by atoms with E-state index in [1.165, 1.54) is 24.3 Å². The first kappa shape index (κ1) is 16.8. The maximum Gasteiger partial charge on any atom is 0.371 e. The molecule has 1 aromatic heterocycles. The normalized spacial score (nSPS) is 11.2. The van der Waals surface area contributed by atoms with Gasteiger partial charge < -0.3 is 9.52 Å². The van der Waals surface area contributed by atoms with E-state index in [0.717, 1.165) is 5.56 Å². The number of hydrogen-bond donors (Lipinski definition) is 2. The molecule has 0 spiro atoms. The van der Waals surface area contributed by atoms with Crippen LogP contribution < -0.4 is 4.72 Å². The monoisotopic (exact) mass is 357 g/mol. The Kier molecular flexibility index (Phi) is 4.33. The van der Waals surface area contributed by atoms with E-state index in [2.05, 4.69) is 4.72 Å². The maximum absolute atomic E-state index is 12.5. The van der Waals surface area contributed by atoms with Crippen molar-refractivity contribution in [3.8, 4) is 11.3 Å². The van der Waals surface area contributed by atoms with Crippen molar-refractivity contribution < 1.29 is 22.7 Å². The van der Waals surface area contributed by atoms with Crippen molar-refractivity contribution in [2.45, 2.75) is 11.8 Å². The molecule has 25 heavy (non-hydrogen) atoms. The van der Waals surface area contributed by atoms with Crippen LogP contribution in [0.2, 0.25) is 0 Å². The third-order valence-corrected chi connectivity index (χ3v) is 5.02. The maximum atomic E-state index is 12.5. The van der Waals surface area contributed by atoms with E-state index < -0.39 is 16.0 Å². The molecule has 0 aliphatic heterocycles. The zero-order chi connectivity index (χ0) is 18.0. The topological polar surface area (TPSA) is 96.6 Å². The first-order valence-electron chi connectivity index (χ1n) is 7.39. The second-order valence-electron chi connectivity index (χ2n) is 5.42. The van der Waals surface area contributed by atoms with E-state index in [1.54, 1.807) is 43.3 Å². The van der Waals surface area contributed by atoms with E-state index >= 15 is 0 Å². The van der Waals surface area contributed by atoms with Crippen LogP contribution in [0.25, 0.3) is 11.3 Å². The molecule has 0 aliphatic carbocycles. The molecule has 0 fully saturated rings. The van der Waals surface area contributed by atoms with Crippen LogP contribution in [0, 0.1) is 6.92 Å². The number of carbonyl (C=O) groups is 1. The van der Waals surface area contributed by atoms with Crippen LogP contribution in [-0.4, -0.2) is 19.5 Å². The molecule has 0 bridgehead atoms. The predicted molar refractivity (Wildman–Crippen MR) is 93.1 cm³/mol. The largest absolute Gasteiger partial charge is 0.475 e. The summed E-state index contributed by atoms with van der Waals surface area (Å²) < 4.78 is 32.8. The third kappa shape index (κ3) is 3.56. The quantitative estimate of drug-likeness (QED) is 0.725. The summed E-state index contributed by atoms with van der Waals surface area (Å²) in [5.41, 5.74) is 1.70. The number of furan rings is 1. The van der Waals surface area contributed by atoms with Crippen LogP contribution >= 0.6 is 0 Å². The minimum absolute atomic E-state index is 0.158. The van der Waals surface area contributed by atoms with Gasteiger partial charge in [-0.3, -0.25) is 4.72 Å². The number of carboxylic acid groups (broad SMARTS) is 1. The van der Waals surface area contributed by atoms with Crippen molar-refractivity contribution in [3.63, 3.8) is 0 Å². The van der Waals surface area contributed by atoms with Gasteiger partial charge in [-0.25, -0.2) is 13.2 Å². The molecule has 2 aromatic carbocycles. The van der Waals surface area contributed by atoms with Gasteiger partial charge in [-0.15, -0.1) is 0 Å². The second-order valence-corrected chi connectivity index (χ2v) is 7.10. The SMILES string of the molecule is Cc1ccc(-c2ccc(C(=O)O)o2)cc1NS(=O)(=O)c1ccccc1. The number of nitrogens with one attached hydrogen (secondary N) is 1. The molecule has 0 atom stereocenters. The number of benzene rings is 2. The number of sulfonamides is 1. The average molecular weight is 357 g/mol. The van der Waals surface area contributed by atoms with Gasteiger partial charge in [-0.2, -0.15) is 0 Å². The number of hydrogen-bond acceptors (Lipinski definition) is 4. The highest BCUT2D eigenvalue weighted by Gasteiger charge is 2.16. The molecule has 0 unspecified atom stereocenters. The Balaban J connectivity index is 1.96. The summed E-state index contributed by atoms with van der Waals surface area (Å²) in [6.45, 7) is 1.78. The van der Waals surface area contributed by atoms with Crippen LogP contribution in [0.1, 0.15) is 16.1 Å². The van der Waals surface area contributed by atoms with Crippen molar-refractivity contribution >= 4 is 21.7 Å². The van der Waals surface area contributed by atoms with Crippen LogP contribution in [0.15, 0.2) is 70.0 Å². The Morgan fingerprint density at radius 2 is 1.76 bits per heavy atom. The molecule has 1 heterocycles. The number of anilines is 1. The van der Waals surface area contributed by atoms with Crippen molar-refractivity contribution in [3.05, 3.63) is 72.0 Å². The molecule has 7 heteroatoms. The third-order valence-electron chi connectivity index (χ3n) is 3.64. The summed E-state index contributed by atoms with van der Waals surface area (Å²) in [6.07, 6.45) is 0. The lowest BCUT2D eigenvalue weighted by Gasteiger charge is -2.11. The lowest BCUT2D eigenvalue weighted by atomic mass is 10.1. The number of aryl methyl sites for hydroxylation is 1. The zero-order valence-electron chi connectivity index (χ0n) is 13.3. The summed E-state index contributed by atoms with van der Waals surface area (Å²) in [4.78, 5) is 11.1. The average Bonchev–Trinajstić information content (AvgIpc) is 3.08. The second kappa shape index (κ2) is 6.45. The van der Waals surface area contributed by atoms with Crippen molar-refractivity contribution in [2.75, 3.05) is 4.72 Å². The molecule has 128 valence electrons. The first-order chi connectivity index (χ1) is 11.9. The fourth-order valence-electron chi connectivity index (χ4n) is 2.30. The predicted octanol–water partition coefficient (Wildman–Crippen LogP) is 3.75. The summed E-state index contributed by atoms with van der Waals surface area (Å²) in [5, 5.41) is 8.94. The van der Waals surface area contributed by atoms with E-state index in [4.69, 9.17) is 9.52 Å². The van der Waals surface area contributed by atoms with E-state index in [-0.39, 0.29) is 10.7 Å². The van der Waals surface area contributed by atoms with Gasteiger partial charge in [0.2, 0.25) is 5.76 Å². The highest BCUT2D eigenvalue weighted by Crippen LogP contribution is 2.28. The fraction of sp³-hybridized carbons (Fsp3) is 0.0556. The molecule has 3 rings (SSSR count). The highest BCUT2D eigenvalue weighted by atomic mass is 32.2. The van der Waals surface area contributed by atoms with E-state index in [1.807, 2.05) is 0 Å². The summed E-state index contributed by atoms with van der Waals surface area (Å²) in [6, 6.07) is 16.0. The summed E-state index contributed by atoms with van der Waals surface area (Å²) in [7, 11) is -3.72. The lowest BCUT2D eigenvalue weighted by Crippen LogP contribution is -2.13. The van der Waals surface area contributed by atoms with Crippen molar-refractivity contribution in [1.82, 2.24) is 0 Å². The summed E-state index contributed by atoms with van der Waals surface area (Å²) in [5.74, 6) is -0.997. The zero-order valence-corrected chi connectivity index (χ0v) is 14.1. The Labute approximate surface area is 144 Å². The van der Waals surface area contributed by atoms with Gasteiger partial charge in [0.25, 0.3) is 10.0 Å². The highest BCUT2D eigenvalue weighted by molar-refractivity contribution is 7.92. The minimum atomic E-state index is -3.72. The molecule has 0 radical (unpaired) electrons. The first-order valence-corrected chi connectivity index (χ1v) is 8.87. The van der Waals surface area contributed by atoms with Gasteiger partial charge in [0.15, 0.2) is 0 Å². The molecule has 0 aliphatic rings. The van der Waals surface area contributed by atoms with Gasteiger partial charge in [-0.1, -0.05) is 30.3 Å². The van der Waals surface area contributed by atoms with Gasteiger partial charge >= 0.3 is 5.97 Å². The molecular formula is C18H15NO5S. The van der Waals surface area contributed by atoms with Gasteiger partial charge in [-0.05, 0) is 42.8 Å². The summed E-state index contributed by atoms with van der Waals surface area (Å²) >= 11 is 0. The molecule has 3 aromatic rings.